The van der Waals surface area contributed by atoms with Crippen LogP contribution in [0.2, 0.25) is 0 Å². The fraction of sp³-hybridized carbons (Fsp3) is 0.909. The molecule has 0 aliphatic carbocycles. The van der Waals surface area contributed by atoms with E-state index in [0.29, 0.717) is 19.4 Å². The summed E-state index contributed by atoms with van der Waals surface area (Å²) >= 11 is 0. The Bertz CT molecular complexity index is 217. The van der Waals surface area contributed by atoms with E-state index >= 15 is 0 Å². The molecule has 0 aliphatic rings. The molecule has 0 fully saturated rings. The van der Waals surface area contributed by atoms with Gasteiger partial charge in [0.2, 0.25) is 0 Å². The Morgan fingerprint density at radius 3 is 2.19 bits per heavy atom. The molecule has 0 unspecified atom stereocenters. The first kappa shape index (κ1) is 15.2. The van der Waals surface area contributed by atoms with Crippen LogP contribution in [0.4, 0.5) is 4.79 Å². The summed E-state index contributed by atoms with van der Waals surface area (Å²) < 4.78 is 4.71. The van der Waals surface area contributed by atoms with E-state index in [1.807, 2.05) is 20.8 Å². The molecule has 1 N–H and O–H groups in total. The van der Waals surface area contributed by atoms with Crippen molar-refractivity contribution in [3.8, 4) is 0 Å². The zero-order valence-corrected chi connectivity index (χ0v) is 10.7. The van der Waals surface area contributed by atoms with Crippen molar-refractivity contribution in [2.45, 2.75) is 58.7 Å². The van der Waals surface area contributed by atoms with Gasteiger partial charge in [-0.2, -0.15) is 0 Å². The average Bonchev–Trinajstić information content (AvgIpc) is 1.98. The van der Waals surface area contributed by atoms with Crippen molar-refractivity contribution in [3.63, 3.8) is 0 Å². The molecule has 0 saturated heterocycles. The topological polar surface area (TPSA) is 65.0 Å². The smallest absolute Gasteiger partial charge is 0.450 e. The van der Waals surface area contributed by atoms with E-state index in [1.54, 1.807) is 13.8 Å². The second-order valence-corrected chi connectivity index (χ2v) is 5.25. The van der Waals surface area contributed by atoms with Gasteiger partial charge in [0, 0.05) is 0 Å². The summed E-state index contributed by atoms with van der Waals surface area (Å²) in [6.07, 6.45) is 0.0141. The summed E-state index contributed by atoms with van der Waals surface area (Å²) in [5.74, 6) is 0. The van der Waals surface area contributed by atoms with Crippen LogP contribution in [0.1, 0.15) is 47.5 Å². The molecule has 0 aliphatic heterocycles. The van der Waals surface area contributed by atoms with E-state index in [-0.39, 0.29) is 5.60 Å². The first-order valence-corrected chi connectivity index (χ1v) is 5.35. The van der Waals surface area contributed by atoms with E-state index in [2.05, 4.69) is 0 Å². The highest BCUT2D eigenvalue weighted by atomic mass is 17.2. The van der Waals surface area contributed by atoms with Crippen LogP contribution in [0.25, 0.3) is 0 Å². The predicted octanol–water partition coefficient (Wildman–Crippen LogP) is 2.99. The van der Waals surface area contributed by atoms with Crippen LogP contribution in [0.5, 0.6) is 0 Å². The highest BCUT2D eigenvalue weighted by molar-refractivity contribution is 5.57. The molecule has 5 heteroatoms. The zero-order chi connectivity index (χ0) is 12.8. The van der Waals surface area contributed by atoms with E-state index in [4.69, 9.17) is 19.6 Å². The lowest BCUT2D eigenvalue weighted by molar-refractivity contribution is -0.349. The third-order valence-corrected chi connectivity index (χ3v) is 1.68. The van der Waals surface area contributed by atoms with Crippen molar-refractivity contribution < 1.29 is 24.4 Å². The van der Waals surface area contributed by atoms with E-state index in [0.717, 1.165) is 0 Å². The predicted molar refractivity (Wildman–Crippen MR) is 59.2 cm³/mol. The minimum atomic E-state index is -1.25. The number of rotatable bonds is 6. The molecule has 16 heavy (non-hydrogen) atoms. The Kier molecular flexibility index (Phi) is 5.75. The largest absolute Gasteiger partial charge is 0.506 e. The minimum absolute atomic E-state index is 0.326. The van der Waals surface area contributed by atoms with Crippen LogP contribution in [0, 0.1) is 0 Å². The number of ether oxygens (including phenoxy) is 1. The van der Waals surface area contributed by atoms with Gasteiger partial charge in [-0.05, 0) is 47.5 Å². The quantitative estimate of drug-likeness (QED) is 0.331. The molecular formula is C11H22O5. The number of carbonyl (C=O) groups is 1. The summed E-state index contributed by atoms with van der Waals surface area (Å²) in [6, 6.07) is 0. The third kappa shape index (κ3) is 9.73. The molecule has 0 aromatic heterocycles. The Morgan fingerprint density at radius 1 is 1.19 bits per heavy atom. The highest BCUT2D eigenvalue weighted by Crippen LogP contribution is 2.17. The second-order valence-electron chi connectivity index (χ2n) is 5.25. The molecule has 0 saturated carbocycles. The summed E-state index contributed by atoms with van der Waals surface area (Å²) in [6.45, 7) is 9.56. The fourth-order valence-corrected chi connectivity index (χ4v) is 1.06. The SMILES string of the molecule is CC(C)(C)OOCCCC(C)(C)OC(=O)O. The van der Waals surface area contributed by atoms with Gasteiger partial charge in [-0.1, -0.05) is 0 Å². The van der Waals surface area contributed by atoms with Crippen LogP contribution >= 0.6 is 0 Å². The monoisotopic (exact) mass is 234 g/mol. The molecular weight excluding hydrogens is 212 g/mol. The Labute approximate surface area is 96.6 Å². The van der Waals surface area contributed by atoms with Crippen LogP contribution in [0.3, 0.4) is 0 Å². The highest BCUT2D eigenvalue weighted by Gasteiger charge is 2.22. The van der Waals surface area contributed by atoms with Gasteiger partial charge >= 0.3 is 6.16 Å². The van der Waals surface area contributed by atoms with Gasteiger partial charge in [0.1, 0.15) is 5.60 Å². The maximum Gasteiger partial charge on any atom is 0.506 e. The number of hydrogen-bond acceptors (Lipinski definition) is 4. The molecule has 0 aromatic carbocycles. The zero-order valence-electron chi connectivity index (χ0n) is 10.7. The normalized spacial score (nSPS) is 12.6. The Morgan fingerprint density at radius 2 is 1.75 bits per heavy atom. The lowest BCUT2D eigenvalue weighted by atomic mass is 10.0. The summed E-state index contributed by atoms with van der Waals surface area (Å²) in [5, 5.41) is 8.48. The van der Waals surface area contributed by atoms with Crippen molar-refractivity contribution in [3.05, 3.63) is 0 Å². The van der Waals surface area contributed by atoms with Gasteiger partial charge in [-0.25, -0.2) is 14.6 Å². The molecule has 0 heterocycles. The lowest BCUT2D eigenvalue weighted by Crippen LogP contribution is -2.28. The average molecular weight is 234 g/mol. The van der Waals surface area contributed by atoms with E-state index < -0.39 is 11.8 Å². The van der Waals surface area contributed by atoms with Gasteiger partial charge in [0.15, 0.2) is 0 Å². The molecule has 0 radical (unpaired) electrons. The van der Waals surface area contributed by atoms with E-state index in [9.17, 15) is 4.79 Å². The van der Waals surface area contributed by atoms with Crippen LogP contribution < -0.4 is 0 Å². The number of carboxylic acid groups (broad SMARTS) is 1. The van der Waals surface area contributed by atoms with Gasteiger partial charge in [-0.3, -0.25) is 0 Å². The second kappa shape index (κ2) is 6.06. The lowest BCUT2D eigenvalue weighted by Gasteiger charge is -2.23. The maximum absolute atomic E-state index is 10.4. The van der Waals surface area contributed by atoms with E-state index in [1.165, 1.54) is 0 Å². The molecule has 0 rings (SSSR count). The van der Waals surface area contributed by atoms with Gasteiger partial charge < -0.3 is 9.84 Å². The maximum atomic E-state index is 10.4. The van der Waals surface area contributed by atoms with Crippen LogP contribution in [-0.4, -0.2) is 29.1 Å². The Hall–Kier alpha value is -0.810. The third-order valence-electron chi connectivity index (χ3n) is 1.68. The standard InChI is InChI=1S/C11H22O5/c1-10(2,3)16-14-8-6-7-11(4,5)15-9(12)13/h6-8H2,1-5H3,(H,12,13). The summed E-state index contributed by atoms with van der Waals surface area (Å²) in [7, 11) is 0. The van der Waals surface area contributed by atoms with Crippen molar-refractivity contribution in [2.75, 3.05) is 6.61 Å². The summed E-state index contributed by atoms with van der Waals surface area (Å²) in [4.78, 5) is 20.4. The van der Waals surface area contributed by atoms with Crippen molar-refractivity contribution in [1.29, 1.82) is 0 Å². The molecule has 0 bridgehead atoms. The first-order chi connectivity index (χ1) is 7.12. The van der Waals surface area contributed by atoms with Crippen LogP contribution in [-0.2, 0) is 14.5 Å². The van der Waals surface area contributed by atoms with Crippen molar-refractivity contribution in [1.82, 2.24) is 0 Å². The fourth-order valence-electron chi connectivity index (χ4n) is 1.06. The van der Waals surface area contributed by atoms with Crippen molar-refractivity contribution in [2.24, 2.45) is 0 Å². The first-order valence-electron chi connectivity index (χ1n) is 5.35. The summed E-state index contributed by atoms with van der Waals surface area (Å²) in [5.41, 5.74) is -1.01. The van der Waals surface area contributed by atoms with Crippen molar-refractivity contribution >= 4 is 6.16 Å². The molecule has 0 spiro atoms. The number of hydrogen-bond donors (Lipinski definition) is 1. The minimum Gasteiger partial charge on any atom is -0.450 e. The molecule has 0 amide bonds. The van der Waals surface area contributed by atoms with Gasteiger partial charge in [-0.15, -0.1) is 0 Å². The van der Waals surface area contributed by atoms with Gasteiger partial charge in [0.05, 0.1) is 12.2 Å². The van der Waals surface area contributed by atoms with Crippen LogP contribution in [0.15, 0.2) is 0 Å². The van der Waals surface area contributed by atoms with Gasteiger partial charge in [0.25, 0.3) is 0 Å². The molecule has 96 valence electrons. The molecule has 5 nitrogen and oxygen atoms in total. The molecule has 0 aromatic rings. The Balaban J connectivity index is 3.62. The molecule has 0 atom stereocenters.